The van der Waals surface area contributed by atoms with Crippen LogP contribution in [0.1, 0.15) is 56.3 Å². The fourth-order valence-corrected chi connectivity index (χ4v) is 2.60. The average molecular weight is 277 g/mol. The molecule has 2 unspecified atom stereocenters. The second-order valence-electron chi connectivity index (χ2n) is 5.90. The summed E-state index contributed by atoms with van der Waals surface area (Å²) in [5.41, 5.74) is 4.02. The number of ether oxygens (including phenoxy) is 1. The molecule has 0 saturated carbocycles. The highest BCUT2D eigenvalue weighted by molar-refractivity contribution is 5.33. The van der Waals surface area contributed by atoms with Crippen LogP contribution in [0.4, 0.5) is 0 Å². The Balaban J connectivity index is 2.62. The summed E-state index contributed by atoms with van der Waals surface area (Å²) in [4.78, 5) is 0. The second-order valence-corrected chi connectivity index (χ2v) is 5.90. The van der Waals surface area contributed by atoms with Crippen molar-refractivity contribution in [1.29, 1.82) is 0 Å². The van der Waals surface area contributed by atoms with Gasteiger partial charge in [0.05, 0.1) is 12.6 Å². The van der Waals surface area contributed by atoms with Crippen molar-refractivity contribution in [1.82, 2.24) is 5.32 Å². The fourth-order valence-electron chi connectivity index (χ4n) is 2.60. The van der Waals surface area contributed by atoms with E-state index >= 15 is 0 Å². The first-order chi connectivity index (χ1) is 9.58. The highest BCUT2D eigenvalue weighted by atomic mass is 16.5. The number of aryl methyl sites for hydroxylation is 2. The maximum atomic E-state index is 5.95. The Hall–Kier alpha value is -0.860. The third-order valence-corrected chi connectivity index (χ3v) is 3.73. The van der Waals surface area contributed by atoms with Gasteiger partial charge in [0.15, 0.2) is 0 Å². The highest BCUT2D eigenvalue weighted by Gasteiger charge is 2.14. The largest absolute Gasteiger partial charge is 0.379 e. The van der Waals surface area contributed by atoms with Crippen LogP contribution in [0.2, 0.25) is 0 Å². The fraction of sp³-hybridized carbons (Fsp3) is 0.667. The van der Waals surface area contributed by atoms with Gasteiger partial charge in [0.1, 0.15) is 0 Å². The predicted molar refractivity (Wildman–Crippen MR) is 87.2 cm³/mol. The zero-order chi connectivity index (χ0) is 15.0. The maximum absolute atomic E-state index is 5.95. The minimum absolute atomic E-state index is 0.300. The van der Waals surface area contributed by atoms with E-state index in [2.05, 4.69) is 58.1 Å². The normalized spacial score (nSPS) is 14.2. The van der Waals surface area contributed by atoms with Crippen molar-refractivity contribution in [2.24, 2.45) is 5.92 Å². The van der Waals surface area contributed by atoms with Crippen LogP contribution in [-0.4, -0.2) is 19.8 Å². The van der Waals surface area contributed by atoms with Gasteiger partial charge in [-0.15, -0.1) is 0 Å². The molecule has 0 aliphatic rings. The molecule has 2 heteroatoms. The summed E-state index contributed by atoms with van der Waals surface area (Å²) in [6, 6.07) is 6.95. The summed E-state index contributed by atoms with van der Waals surface area (Å²) in [7, 11) is 0. The van der Waals surface area contributed by atoms with Crippen molar-refractivity contribution in [2.45, 2.75) is 53.5 Å². The topological polar surface area (TPSA) is 21.3 Å². The lowest BCUT2D eigenvalue weighted by molar-refractivity contribution is 0.0834. The Bertz CT molecular complexity index is 389. The van der Waals surface area contributed by atoms with Crippen LogP contribution in [0.3, 0.4) is 0 Å². The predicted octanol–water partition coefficient (Wildman–Crippen LogP) is 4.41. The first kappa shape index (κ1) is 17.2. The molecule has 0 aliphatic carbocycles. The number of likely N-dealkylation sites (N-methyl/N-ethyl adjacent to an activating group) is 1. The second kappa shape index (κ2) is 9.15. The van der Waals surface area contributed by atoms with E-state index in [0.717, 1.165) is 19.8 Å². The van der Waals surface area contributed by atoms with Crippen molar-refractivity contribution < 1.29 is 4.74 Å². The van der Waals surface area contributed by atoms with E-state index in [1.54, 1.807) is 0 Å². The van der Waals surface area contributed by atoms with E-state index in [1.807, 2.05) is 0 Å². The van der Waals surface area contributed by atoms with Crippen LogP contribution >= 0.6 is 0 Å². The third-order valence-electron chi connectivity index (χ3n) is 3.73. The zero-order valence-corrected chi connectivity index (χ0v) is 13.8. The van der Waals surface area contributed by atoms with Crippen molar-refractivity contribution in [3.05, 3.63) is 34.9 Å². The Morgan fingerprint density at radius 2 is 1.90 bits per heavy atom. The summed E-state index contributed by atoms with van der Waals surface area (Å²) >= 11 is 0. The Morgan fingerprint density at radius 3 is 2.55 bits per heavy atom. The van der Waals surface area contributed by atoms with Crippen LogP contribution < -0.4 is 5.32 Å². The van der Waals surface area contributed by atoms with E-state index < -0.39 is 0 Å². The smallest absolute Gasteiger partial charge is 0.0661 e. The van der Waals surface area contributed by atoms with Gasteiger partial charge in [-0.25, -0.2) is 0 Å². The molecule has 0 fully saturated rings. The van der Waals surface area contributed by atoms with Crippen molar-refractivity contribution in [2.75, 3.05) is 19.8 Å². The van der Waals surface area contributed by atoms with Crippen LogP contribution in [0, 0.1) is 19.8 Å². The van der Waals surface area contributed by atoms with Gasteiger partial charge < -0.3 is 10.1 Å². The molecule has 0 amide bonds. The van der Waals surface area contributed by atoms with Gasteiger partial charge >= 0.3 is 0 Å². The SMILES string of the molecule is CCCC(C)COCC(NCC)c1cc(C)ccc1C. The maximum Gasteiger partial charge on any atom is 0.0661 e. The number of hydrogen-bond acceptors (Lipinski definition) is 2. The molecule has 1 rings (SSSR count). The van der Waals surface area contributed by atoms with Gasteiger partial charge in [-0.05, 0) is 43.9 Å². The highest BCUT2D eigenvalue weighted by Crippen LogP contribution is 2.20. The average Bonchev–Trinajstić information content (AvgIpc) is 2.41. The summed E-state index contributed by atoms with van der Waals surface area (Å²) in [6.45, 7) is 13.6. The lowest BCUT2D eigenvalue weighted by Gasteiger charge is -2.22. The van der Waals surface area contributed by atoms with E-state index in [0.29, 0.717) is 12.0 Å². The van der Waals surface area contributed by atoms with E-state index in [-0.39, 0.29) is 0 Å². The molecule has 0 aromatic heterocycles. The third kappa shape index (κ3) is 5.64. The van der Waals surface area contributed by atoms with E-state index in [4.69, 9.17) is 4.74 Å². The molecular weight excluding hydrogens is 246 g/mol. The van der Waals surface area contributed by atoms with Crippen molar-refractivity contribution >= 4 is 0 Å². The van der Waals surface area contributed by atoms with Gasteiger partial charge in [-0.2, -0.15) is 0 Å². The first-order valence-electron chi connectivity index (χ1n) is 7.96. The first-order valence-corrected chi connectivity index (χ1v) is 7.96. The molecule has 20 heavy (non-hydrogen) atoms. The molecule has 0 saturated heterocycles. The Morgan fingerprint density at radius 1 is 1.15 bits per heavy atom. The van der Waals surface area contributed by atoms with Crippen LogP contribution in [-0.2, 0) is 4.74 Å². The zero-order valence-electron chi connectivity index (χ0n) is 13.8. The number of rotatable bonds is 9. The minimum atomic E-state index is 0.300. The van der Waals surface area contributed by atoms with Gasteiger partial charge in [-0.1, -0.05) is 51.0 Å². The Kier molecular flexibility index (Phi) is 7.86. The van der Waals surface area contributed by atoms with Crippen LogP contribution in [0.5, 0.6) is 0 Å². The van der Waals surface area contributed by atoms with Gasteiger partial charge in [0.25, 0.3) is 0 Å². The summed E-state index contributed by atoms with van der Waals surface area (Å²) < 4.78 is 5.95. The summed E-state index contributed by atoms with van der Waals surface area (Å²) in [5, 5.41) is 3.55. The van der Waals surface area contributed by atoms with E-state index in [9.17, 15) is 0 Å². The molecule has 2 nitrogen and oxygen atoms in total. The van der Waals surface area contributed by atoms with Crippen LogP contribution in [0.25, 0.3) is 0 Å². The van der Waals surface area contributed by atoms with Gasteiger partial charge in [0.2, 0.25) is 0 Å². The molecule has 0 spiro atoms. The molecule has 1 N–H and O–H groups in total. The molecule has 2 atom stereocenters. The van der Waals surface area contributed by atoms with Gasteiger partial charge in [0, 0.05) is 6.61 Å². The van der Waals surface area contributed by atoms with Gasteiger partial charge in [-0.3, -0.25) is 0 Å². The molecule has 0 heterocycles. The summed E-state index contributed by atoms with van der Waals surface area (Å²) in [6.07, 6.45) is 2.48. The lowest BCUT2D eigenvalue weighted by Crippen LogP contribution is -2.27. The Labute approximate surface area is 124 Å². The van der Waals surface area contributed by atoms with Crippen molar-refractivity contribution in [3.63, 3.8) is 0 Å². The summed E-state index contributed by atoms with van der Waals surface area (Å²) in [5.74, 6) is 0.654. The molecular formula is C18H31NO. The standard InChI is InChI=1S/C18H31NO/c1-6-8-15(4)12-20-13-18(19-7-2)17-11-14(3)9-10-16(17)5/h9-11,15,18-19H,6-8,12-13H2,1-5H3. The van der Waals surface area contributed by atoms with Crippen molar-refractivity contribution in [3.8, 4) is 0 Å². The molecule has 0 bridgehead atoms. The van der Waals surface area contributed by atoms with E-state index in [1.165, 1.54) is 29.5 Å². The monoisotopic (exact) mass is 277 g/mol. The molecule has 0 aliphatic heterocycles. The molecule has 114 valence electrons. The number of benzene rings is 1. The number of hydrogen-bond donors (Lipinski definition) is 1. The van der Waals surface area contributed by atoms with Crippen LogP contribution in [0.15, 0.2) is 18.2 Å². The lowest BCUT2D eigenvalue weighted by atomic mass is 9.99. The number of nitrogens with one attached hydrogen (secondary N) is 1. The molecule has 1 aromatic carbocycles. The molecule has 1 aromatic rings. The molecule has 0 radical (unpaired) electrons. The minimum Gasteiger partial charge on any atom is -0.379 e. The quantitative estimate of drug-likeness (QED) is 0.722.